The van der Waals surface area contributed by atoms with Gasteiger partial charge in [0.2, 0.25) is 0 Å². The van der Waals surface area contributed by atoms with Gasteiger partial charge in [-0.1, -0.05) is 0 Å². The Kier molecular flexibility index (Phi) is 1.27. The van der Waals surface area contributed by atoms with E-state index >= 15 is 0 Å². The van der Waals surface area contributed by atoms with E-state index in [0.717, 1.165) is 0 Å². The molecule has 1 heterocycles. The fourth-order valence-electron chi connectivity index (χ4n) is 0.298. The second kappa shape index (κ2) is 1.77. The molecule has 7 heavy (non-hydrogen) atoms. The fraction of sp³-hybridized carbons (Fsp3) is 0.333. The number of imide groups is 1. The summed E-state index contributed by atoms with van der Waals surface area (Å²) in [6.07, 6.45) is 0. The van der Waals surface area contributed by atoms with Crippen LogP contribution in [0.3, 0.4) is 0 Å². The molecule has 1 saturated heterocycles. The van der Waals surface area contributed by atoms with Gasteiger partial charge in [-0.25, -0.2) is 0 Å². The minimum absolute atomic E-state index is 0.0381. The van der Waals surface area contributed by atoms with Crippen molar-refractivity contribution in [3.63, 3.8) is 0 Å². The first-order chi connectivity index (χ1) is 3.29. The summed E-state index contributed by atoms with van der Waals surface area (Å²) >= 11 is -0.460. The van der Waals surface area contributed by atoms with Crippen molar-refractivity contribution in [2.75, 3.05) is 4.43 Å². The fourth-order valence-corrected chi connectivity index (χ4v) is 1.67. The van der Waals surface area contributed by atoms with Crippen LogP contribution in [0.5, 0.6) is 0 Å². The van der Waals surface area contributed by atoms with E-state index in [1.165, 1.54) is 0 Å². The third-order valence-corrected chi connectivity index (χ3v) is 2.58. The number of hydrogen-bond donors (Lipinski definition) is 1. The molecule has 40 valence electrons. The summed E-state index contributed by atoms with van der Waals surface area (Å²) in [7, 11) is 0. The summed E-state index contributed by atoms with van der Waals surface area (Å²) in [6, 6.07) is 0. The molecule has 4 heteroatoms. The Hall–Kier alpha value is -0.130. The Labute approximate surface area is 50.7 Å². The molecule has 0 aliphatic carbocycles. The zero-order valence-corrected chi connectivity index (χ0v) is 5.56. The predicted octanol–water partition coefficient (Wildman–Crippen LogP) is -3.67. The molecule has 3 nitrogen and oxygen atoms in total. The molecule has 0 saturated carbocycles. The van der Waals surface area contributed by atoms with Crippen molar-refractivity contribution in [2.24, 2.45) is 0 Å². The van der Waals surface area contributed by atoms with Gasteiger partial charge in [0, 0.05) is 0 Å². The summed E-state index contributed by atoms with van der Waals surface area (Å²) in [4.78, 5) is 20.3. The van der Waals surface area contributed by atoms with Crippen LogP contribution in [0, 0.1) is 0 Å². The Morgan fingerprint density at radius 1 is 1.57 bits per heavy atom. The third kappa shape index (κ3) is 1.12. The first-order valence-electron chi connectivity index (χ1n) is 1.72. The maximum atomic E-state index is 10.2. The number of nitrogens with one attached hydrogen (secondary N) is 1. The van der Waals surface area contributed by atoms with E-state index in [1.807, 2.05) is 0 Å². The topological polar surface area (TPSA) is 46.2 Å². The van der Waals surface area contributed by atoms with Crippen LogP contribution in [0.1, 0.15) is 0 Å². The monoisotopic (exact) mass is 212 g/mol. The number of halogens is 1. The van der Waals surface area contributed by atoms with Gasteiger partial charge in [0.15, 0.2) is 0 Å². The summed E-state index contributed by atoms with van der Waals surface area (Å²) in [5.74, 6) is -0.0993. The van der Waals surface area contributed by atoms with E-state index in [4.69, 9.17) is 0 Å². The summed E-state index contributed by atoms with van der Waals surface area (Å²) in [6.45, 7) is 0. The van der Waals surface area contributed by atoms with Gasteiger partial charge in [0.1, 0.15) is 0 Å². The van der Waals surface area contributed by atoms with E-state index in [9.17, 15) is 9.59 Å². The zero-order chi connectivity index (χ0) is 5.28. The van der Waals surface area contributed by atoms with Crippen molar-refractivity contribution >= 4 is 9.82 Å². The SMILES string of the molecule is O=C1C[I-]C(=O)N1. The van der Waals surface area contributed by atoms with Crippen molar-refractivity contribution in [3.8, 4) is 0 Å². The molecule has 1 N–H and O–H groups in total. The molecule has 2 amide bonds. The van der Waals surface area contributed by atoms with Gasteiger partial charge in [-0.15, -0.1) is 0 Å². The van der Waals surface area contributed by atoms with Gasteiger partial charge in [-0.2, -0.15) is 0 Å². The molecule has 1 aliphatic heterocycles. The van der Waals surface area contributed by atoms with Crippen LogP contribution in [-0.2, 0) is 4.79 Å². The molecule has 0 radical (unpaired) electrons. The van der Waals surface area contributed by atoms with E-state index in [-0.39, 0.29) is 9.82 Å². The third-order valence-electron chi connectivity index (χ3n) is 0.547. The summed E-state index contributed by atoms with van der Waals surface area (Å²) in [5, 5.41) is 2.19. The average molecular weight is 212 g/mol. The van der Waals surface area contributed by atoms with Gasteiger partial charge < -0.3 is 0 Å². The van der Waals surface area contributed by atoms with E-state index in [2.05, 4.69) is 5.32 Å². The van der Waals surface area contributed by atoms with Crippen LogP contribution < -0.4 is 26.5 Å². The van der Waals surface area contributed by atoms with Gasteiger partial charge in [-0.05, 0) is 0 Å². The van der Waals surface area contributed by atoms with Gasteiger partial charge in [0.05, 0.1) is 0 Å². The molecule has 1 aliphatic rings. The Morgan fingerprint density at radius 2 is 2.29 bits per heavy atom. The van der Waals surface area contributed by atoms with Gasteiger partial charge >= 0.3 is 50.4 Å². The minimum atomic E-state index is -0.460. The van der Waals surface area contributed by atoms with Crippen molar-refractivity contribution < 1.29 is 30.8 Å². The second-order valence-corrected chi connectivity index (χ2v) is 3.59. The quantitative estimate of drug-likeness (QED) is 0.194. The number of amides is 2. The number of carbonyl (C=O) groups excluding carboxylic acids is 2. The van der Waals surface area contributed by atoms with Crippen molar-refractivity contribution in [1.82, 2.24) is 5.32 Å². The normalized spacial score (nSPS) is 21.1. The first-order valence-corrected chi connectivity index (χ1v) is 4.32. The first kappa shape index (κ1) is 5.02. The van der Waals surface area contributed by atoms with E-state index in [1.54, 1.807) is 0 Å². The van der Waals surface area contributed by atoms with Crippen molar-refractivity contribution in [3.05, 3.63) is 0 Å². The Morgan fingerprint density at radius 3 is 2.43 bits per heavy atom. The van der Waals surface area contributed by atoms with Gasteiger partial charge in [0.25, 0.3) is 0 Å². The molecule has 0 unspecified atom stereocenters. The number of hydrogen-bond acceptors (Lipinski definition) is 2. The molecule has 0 aromatic carbocycles. The van der Waals surface area contributed by atoms with Gasteiger partial charge in [-0.3, -0.25) is 0 Å². The molecule has 0 spiro atoms. The van der Waals surface area contributed by atoms with Crippen molar-refractivity contribution in [2.45, 2.75) is 0 Å². The average Bonchev–Trinajstić information content (AvgIpc) is 1.87. The molecule has 1 rings (SSSR count). The van der Waals surface area contributed by atoms with Crippen LogP contribution in [0.25, 0.3) is 0 Å². The van der Waals surface area contributed by atoms with Crippen LogP contribution in [0.2, 0.25) is 0 Å². The molecule has 0 bridgehead atoms. The van der Waals surface area contributed by atoms with Crippen LogP contribution in [-0.4, -0.2) is 14.2 Å². The molecule has 0 aromatic heterocycles. The number of carbonyl (C=O) groups is 2. The van der Waals surface area contributed by atoms with Crippen LogP contribution >= 0.6 is 0 Å². The van der Waals surface area contributed by atoms with Crippen LogP contribution in [0.4, 0.5) is 4.79 Å². The van der Waals surface area contributed by atoms with E-state index < -0.39 is 21.2 Å². The Balaban J connectivity index is 2.55. The van der Waals surface area contributed by atoms with E-state index in [0.29, 0.717) is 4.43 Å². The standard InChI is InChI=1S/C3H3INO2/c6-2-1-4-3(7)5-2/h1H2,(H,5,6,7)/q-1. The number of rotatable bonds is 0. The Bertz CT molecular complexity index is 108. The molecule has 0 aromatic rings. The summed E-state index contributed by atoms with van der Waals surface area (Å²) in [5.41, 5.74) is 0. The molecular formula is C3H3INO2-. The maximum absolute atomic E-state index is 10.2. The second-order valence-electron chi connectivity index (χ2n) is 1.09. The summed E-state index contributed by atoms with van der Waals surface area (Å²) < 4.78 is 0.446. The molecule has 0 atom stereocenters. The van der Waals surface area contributed by atoms with Crippen molar-refractivity contribution in [1.29, 1.82) is 0 Å². The number of alkyl halides is 1. The van der Waals surface area contributed by atoms with Crippen LogP contribution in [0.15, 0.2) is 0 Å². The molecular weight excluding hydrogens is 209 g/mol. The predicted molar refractivity (Wildman–Crippen MR) is 18.4 cm³/mol. The molecule has 1 fully saturated rings. The zero-order valence-electron chi connectivity index (χ0n) is 3.40.